The third kappa shape index (κ3) is 1.25. The summed E-state index contributed by atoms with van der Waals surface area (Å²) in [6, 6.07) is 3.82. The summed E-state index contributed by atoms with van der Waals surface area (Å²) in [5, 5.41) is 4.18. The molecule has 0 spiro atoms. The number of nitrogens with zero attached hydrogens (tertiary/aromatic N) is 3. The molecule has 0 atom stereocenters. The van der Waals surface area contributed by atoms with Gasteiger partial charge in [-0.05, 0) is 19.1 Å². The van der Waals surface area contributed by atoms with E-state index in [1.165, 1.54) is 0 Å². The lowest BCUT2D eigenvalue weighted by molar-refractivity contribution is 0.549. The number of rotatable bonds is 1. The Hall–Kier alpha value is -2.30. The molecule has 3 rings (SSSR count). The van der Waals surface area contributed by atoms with Crippen LogP contribution < -0.4 is 5.73 Å². The van der Waals surface area contributed by atoms with Gasteiger partial charge in [-0.25, -0.2) is 9.50 Å². The maximum atomic E-state index is 5.63. The van der Waals surface area contributed by atoms with Gasteiger partial charge in [-0.15, -0.1) is 0 Å². The molecule has 0 unspecified atom stereocenters. The minimum absolute atomic E-state index is 0.581. The van der Waals surface area contributed by atoms with Crippen LogP contribution in [0.4, 0.5) is 5.69 Å². The third-order valence-electron chi connectivity index (χ3n) is 2.38. The monoisotopic (exact) mass is 214 g/mol. The fourth-order valence-electron chi connectivity index (χ4n) is 1.64. The summed E-state index contributed by atoms with van der Waals surface area (Å²) in [6.07, 6.45) is 5.05. The van der Waals surface area contributed by atoms with Crippen LogP contribution in [-0.2, 0) is 0 Å². The van der Waals surface area contributed by atoms with Crippen molar-refractivity contribution in [2.24, 2.45) is 0 Å². The predicted octanol–water partition coefficient (Wildman–Crippen LogP) is 1.88. The Morgan fingerprint density at radius 1 is 1.31 bits per heavy atom. The Bertz CT molecular complexity index is 653. The molecule has 0 radical (unpaired) electrons. The molecule has 0 aliphatic carbocycles. The Morgan fingerprint density at radius 3 is 2.94 bits per heavy atom. The lowest BCUT2D eigenvalue weighted by Crippen LogP contribution is -1.94. The number of aromatic nitrogens is 3. The fraction of sp³-hybridized carbons (Fsp3) is 0.0909. The van der Waals surface area contributed by atoms with Crippen LogP contribution in [0.3, 0.4) is 0 Å². The van der Waals surface area contributed by atoms with E-state index in [2.05, 4.69) is 10.1 Å². The van der Waals surface area contributed by atoms with E-state index >= 15 is 0 Å². The maximum absolute atomic E-state index is 5.63. The van der Waals surface area contributed by atoms with Gasteiger partial charge in [0.1, 0.15) is 11.5 Å². The van der Waals surface area contributed by atoms with Crippen LogP contribution in [-0.4, -0.2) is 14.6 Å². The number of nitrogens with two attached hydrogens (primary N) is 1. The summed E-state index contributed by atoms with van der Waals surface area (Å²) in [4.78, 5) is 4.24. The van der Waals surface area contributed by atoms with Gasteiger partial charge < -0.3 is 10.2 Å². The zero-order valence-electron chi connectivity index (χ0n) is 8.71. The van der Waals surface area contributed by atoms with Gasteiger partial charge in [-0.1, -0.05) is 0 Å². The molecule has 5 nitrogen and oxygen atoms in total. The molecule has 0 aliphatic heterocycles. The van der Waals surface area contributed by atoms with E-state index in [1.807, 2.05) is 19.1 Å². The zero-order chi connectivity index (χ0) is 11.1. The largest absolute Gasteiger partial charge is 0.461 e. The smallest absolute Gasteiger partial charge is 0.166 e. The van der Waals surface area contributed by atoms with Gasteiger partial charge in [0.2, 0.25) is 0 Å². The topological polar surface area (TPSA) is 69.3 Å². The van der Waals surface area contributed by atoms with Gasteiger partial charge in [-0.2, -0.15) is 5.10 Å². The van der Waals surface area contributed by atoms with Gasteiger partial charge in [0.15, 0.2) is 5.65 Å². The van der Waals surface area contributed by atoms with E-state index in [9.17, 15) is 0 Å². The minimum atomic E-state index is 0.581. The molecule has 5 heteroatoms. The molecular formula is C11H10N4O. The van der Waals surface area contributed by atoms with Crippen LogP contribution in [0, 0.1) is 6.92 Å². The molecule has 16 heavy (non-hydrogen) atoms. The van der Waals surface area contributed by atoms with Crippen molar-refractivity contribution in [3.8, 4) is 11.3 Å². The van der Waals surface area contributed by atoms with Crippen molar-refractivity contribution in [1.82, 2.24) is 14.6 Å². The van der Waals surface area contributed by atoms with Crippen molar-refractivity contribution in [3.63, 3.8) is 0 Å². The summed E-state index contributed by atoms with van der Waals surface area (Å²) in [5.74, 6) is 1.63. The van der Waals surface area contributed by atoms with Crippen molar-refractivity contribution in [2.45, 2.75) is 6.92 Å². The van der Waals surface area contributed by atoms with E-state index in [4.69, 9.17) is 10.2 Å². The fourth-order valence-corrected chi connectivity index (χ4v) is 1.64. The highest BCUT2D eigenvalue weighted by Gasteiger charge is 2.10. The second-order valence-electron chi connectivity index (χ2n) is 3.62. The van der Waals surface area contributed by atoms with Crippen molar-refractivity contribution in [3.05, 3.63) is 36.5 Å². The Labute approximate surface area is 91.5 Å². The van der Waals surface area contributed by atoms with Crippen molar-refractivity contribution >= 4 is 11.3 Å². The van der Waals surface area contributed by atoms with E-state index in [-0.39, 0.29) is 0 Å². The first kappa shape index (κ1) is 8.96. The van der Waals surface area contributed by atoms with Crippen LogP contribution in [0.5, 0.6) is 0 Å². The lowest BCUT2D eigenvalue weighted by Gasteiger charge is -1.96. The summed E-state index contributed by atoms with van der Waals surface area (Å²) in [7, 11) is 0. The molecule has 0 aromatic carbocycles. The molecule has 0 aliphatic rings. The molecule has 0 amide bonds. The van der Waals surface area contributed by atoms with E-state index in [0.717, 1.165) is 22.7 Å². The van der Waals surface area contributed by atoms with Crippen LogP contribution in [0.25, 0.3) is 17.0 Å². The average molecular weight is 214 g/mol. The van der Waals surface area contributed by atoms with Crippen LogP contribution in [0.15, 0.2) is 35.1 Å². The number of fused-ring (bicyclic) bond motifs is 1. The highest BCUT2D eigenvalue weighted by molar-refractivity contribution is 5.73. The zero-order valence-corrected chi connectivity index (χ0v) is 8.71. The molecule has 3 aromatic rings. The number of furan rings is 1. The van der Waals surface area contributed by atoms with Crippen molar-refractivity contribution in [1.29, 1.82) is 0 Å². The number of hydrogen-bond acceptors (Lipinski definition) is 4. The van der Waals surface area contributed by atoms with E-state index in [1.54, 1.807) is 23.1 Å². The Balaban J connectivity index is 2.25. The summed E-state index contributed by atoms with van der Waals surface area (Å²) in [5.41, 5.74) is 7.82. The van der Waals surface area contributed by atoms with Gasteiger partial charge in [-0.3, -0.25) is 0 Å². The molecule has 3 heterocycles. The number of aryl methyl sites for hydroxylation is 1. The number of anilines is 1. The summed E-state index contributed by atoms with van der Waals surface area (Å²) in [6.45, 7) is 1.90. The van der Waals surface area contributed by atoms with Crippen LogP contribution >= 0.6 is 0 Å². The molecule has 0 bridgehead atoms. The Kier molecular flexibility index (Phi) is 1.73. The SMILES string of the molecule is Cc1ccc(-c2cnn3cc(N)cnc23)o1. The number of nitrogen functional groups attached to an aromatic ring is 1. The lowest BCUT2D eigenvalue weighted by atomic mass is 10.2. The molecule has 2 N–H and O–H groups in total. The van der Waals surface area contributed by atoms with Crippen LogP contribution in [0.2, 0.25) is 0 Å². The quantitative estimate of drug-likeness (QED) is 0.671. The van der Waals surface area contributed by atoms with Gasteiger partial charge in [0.05, 0.1) is 29.8 Å². The highest BCUT2D eigenvalue weighted by atomic mass is 16.3. The van der Waals surface area contributed by atoms with Gasteiger partial charge in [0.25, 0.3) is 0 Å². The third-order valence-corrected chi connectivity index (χ3v) is 2.38. The molecule has 0 saturated carbocycles. The molecule has 0 saturated heterocycles. The highest BCUT2D eigenvalue weighted by Crippen LogP contribution is 2.25. The van der Waals surface area contributed by atoms with Crippen LogP contribution in [0.1, 0.15) is 5.76 Å². The summed E-state index contributed by atoms with van der Waals surface area (Å²) >= 11 is 0. The van der Waals surface area contributed by atoms with Crippen molar-refractivity contribution in [2.75, 3.05) is 5.73 Å². The second-order valence-corrected chi connectivity index (χ2v) is 3.62. The van der Waals surface area contributed by atoms with Crippen molar-refractivity contribution < 1.29 is 4.42 Å². The van der Waals surface area contributed by atoms with E-state index < -0.39 is 0 Å². The normalized spacial score (nSPS) is 11.1. The average Bonchev–Trinajstić information content (AvgIpc) is 2.83. The standard InChI is InChI=1S/C11H10N4O/c1-7-2-3-10(16-7)9-5-14-15-6-8(12)4-13-11(9)15/h2-6H,12H2,1H3. The molecule has 3 aromatic heterocycles. The first-order valence-electron chi connectivity index (χ1n) is 4.90. The van der Waals surface area contributed by atoms with E-state index in [0.29, 0.717) is 5.69 Å². The van der Waals surface area contributed by atoms with Gasteiger partial charge in [0, 0.05) is 0 Å². The predicted molar refractivity (Wildman–Crippen MR) is 59.8 cm³/mol. The number of hydrogen-bond donors (Lipinski definition) is 1. The first-order chi connectivity index (χ1) is 7.74. The van der Waals surface area contributed by atoms with Gasteiger partial charge >= 0.3 is 0 Å². The molecule has 0 fully saturated rings. The molecule has 80 valence electrons. The minimum Gasteiger partial charge on any atom is -0.461 e. The maximum Gasteiger partial charge on any atom is 0.166 e. The first-order valence-corrected chi connectivity index (χ1v) is 4.90. The second kappa shape index (κ2) is 3.10. The molecular weight excluding hydrogens is 204 g/mol. The Morgan fingerprint density at radius 2 is 2.19 bits per heavy atom. The summed E-state index contributed by atoms with van der Waals surface area (Å²) < 4.78 is 7.18.